The molecule has 0 radical (unpaired) electrons. The van der Waals surface area contributed by atoms with Crippen LogP contribution in [0.2, 0.25) is 0 Å². The summed E-state index contributed by atoms with van der Waals surface area (Å²) in [6.45, 7) is 8.65. The van der Waals surface area contributed by atoms with Crippen LogP contribution in [0.15, 0.2) is 0 Å². The van der Waals surface area contributed by atoms with Gasteiger partial charge in [0.1, 0.15) is 10.0 Å². The van der Waals surface area contributed by atoms with Crippen molar-refractivity contribution < 1.29 is 0 Å². The largest absolute Gasteiger partial charge is 0.311 e. The van der Waals surface area contributed by atoms with E-state index in [0.717, 1.165) is 16.4 Å². The van der Waals surface area contributed by atoms with Crippen molar-refractivity contribution >= 4 is 11.3 Å². The summed E-state index contributed by atoms with van der Waals surface area (Å²) >= 11 is 1.71. The first-order valence-electron chi connectivity index (χ1n) is 5.00. The van der Waals surface area contributed by atoms with Gasteiger partial charge < -0.3 is 5.32 Å². The molecule has 1 aromatic heterocycles. The number of hydrogen-bond acceptors (Lipinski definition) is 4. The third-order valence-electron chi connectivity index (χ3n) is 2.14. The van der Waals surface area contributed by atoms with Crippen molar-refractivity contribution in [2.45, 2.75) is 45.6 Å². The highest BCUT2D eigenvalue weighted by Crippen LogP contribution is 2.28. The summed E-state index contributed by atoms with van der Waals surface area (Å²) in [7, 11) is 1.96. The molecule has 0 aliphatic carbocycles. The maximum Gasteiger partial charge on any atom is 0.134 e. The van der Waals surface area contributed by atoms with Crippen molar-refractivity contribution in [3.05, 3.63) is 10.0 Å². The molecule has 1 aromatic rings. The number of hydrogen-bond donors (Lipinski definition) is 1. The van der Waals surface area contributed by atoms with Crippen molar-refractivity contribution in [1.82, 2.24) is 15.5 Å². The molecule has 0 fully saturated rings. The monoisotopic (exact) mass is 213 g/mol. The van der Waals surface area contributed by atoms with Crippen LogP contribution in [0.1, 0.15) is 50.2 Å². The van der Waals surface area contributed by atoms with Gasteiger partial charge in [-0.2, -0.15) is 0 Å². The van der Waals surface area contributed by atoms with Crippen LogP contribution in [0.3, 0.4) is 0 Å². The summed E-state index contributed by atoms with van der Waals surface area (Å²) in [4.78, 5) is 0. The van der Waals surface area contributed by atoms with E-state index in [2.05, 4.69) is 43.2 Å². The Balaban J connectivity index is 2.87. The topological polar surface area (TPSA) is 37.8 Å². The zero-order valence-corrected chi connectivity index (χ0v) is 10.4. The van der Waals surface area contributed by atoms with Crippen LogP contribution >= 0.6 is 11.3 Å². The van der Waals surface area contributed by atoms with Gasteiger partial charge in [0.15, 0.2) is 0 Å². The summed E-state index contributed by atoms with van der Waals surface area (Å²) < 4.78 is 0. The van der Waals surface area contributed by atoms with E-state index in [1.54, 1.807) is 11.3 Å². The lowest BCUT2D eigenvalue weighted by atomic mass is 9.98. The molecule has 0 bridgehead atoms. The van der Waals surface area contributed by atoms with Gasteiger partial charge in [0, 0.05) is 5.41 Å². The predicted molar refractivity (Wildman–Crippen MR) is 60.7 cm³/mol. The molecule has 0 spiro atoms. The molecule has 3 nitrogen and oxygen atoms in total. The first-order valence-corrected chi connectivity index (χ1v) is 5.81. The molecule has 1 heterocycles. The quantitative estimate of drug-likeness (QED) is 0.838. The molecule has 1 unspecified atom stereocenters. The predicted octanol–water partition coefficient (Wildman–Crippen LogP) is 2.51. The average Bonchev–Trinajstić information content (AvgIpc) is 2.54. The summed E-state index contributed by atoms with van der Waals surface area (Å²) in [5.41, 5.74) is 0.113. The number of nitrogens with zero attached hydrogens (tertiary/aromatic N) is 2. The fourth-order valence-electron chi connectivity index (χ4n) is 1.18. The van der Waals surface area contributed by atoms with Crippen LogP contribution in [-0.2, 0) is 5.41 Å². The molecular weight excluding hydrogens is 194 g/mol. The number of aromatic nitrogens is 2. The molecule has 1 N–H and O–H groups in total. The molecule has 0 amide bonds. The molecule has 4 heteroatoms. The molecule has 0 aliphatic rings. The number of rotatable bonds is 3. The Hall–Kier alpha value is -0.480. The van der Waals surface area contributed by atoms with Crippen molar-refractivity contribution in [2.24, 2.45) is 0 Å². The highest BCUT2D eigenvalue weighted by molar-refractivity contribution is 7.11. The van der Waals surface area contributed by atoms with Crippen LogP contribution in [0.4, 0.5) is 0 Å². The summed E-state index contributed by atoms with van der Waals surface area (Å²) in [6.07, 6.45) is 1.05. The number of nitrogens with one attached hydrogen (secondary N) is 1. The molecule has 0 aromatic carbocycles. The Bertz CT molecular complexity index is 284. The zero-order valence-electron chi connectivity index (χ0n) is 9.59. The Morgan fingerprint density at radius 3 is 2.36 bits per heavy atom. The average molecular weight is 213 g/mol. The molecule has 0 saturated heterocycles. The molecule has 1 atom stereocenters. The zero-order chi connectivity index (χ0) is 10.8. The van der Waals surface area contributed by atoms with E-state index in [1.807, 2.05) is 7.05 Å². The molecule has 0 saturated carbocycles. The molecule has 80 valence electrons. The van der Waals surface area contributed by atoms with E-state index in [9.17, 15) is 0 Å². The first kappa shape index (κ1) is 11.6. The van der Waals surface area contributed by atoms with E-state index >= 15 is 0 Å². The van der Waals surface area contributed by atoms with Gasteiger partial charge in [-0.05, 0) is 13.5 Å². The SMILES string of the molecule is CCC(NC)c1nnc(C(C)(C)C)s1. The van der Waals surface area contributed by atoms with Crippen molar-refractivity contribution in [3.8, 4) is 0 Å². The van der Waals surface area contributed by atoms with Crippen LogP contribution in [0, 0.1) is 0 Å². The van der Waals surface area contributed by atoms with E-state index in [1.165, 1.54) is 0 Å². The standard InChI is InChI=1S/C10H19N3S/c1-6-7(11-5)8-12-13-9(14-8)10(2,3)4/h7,11H,6H2,1-5H3. The fraction of sp³-hybridized carbons (Fsp3) is 0.800. The lowest BCUT2D eigenvalue weighted by molar-refractivity contribution is 0.560. The van der Waals surface area contributed by atoms with Gasteiger partial charge in [0.05, 0.1) is 6.04 Å². The van der Waals surface area contributed by atoms with Gasteiger partial charge in [-0.25, -0.2) is 0 Å². The third-order valence-corrected chi connectivity index (χ3v) is 3.60. The Labute approximate surface area is 89.9 Å². The molecule has 1 rings (SSSR count). The summed E-state index contributed by atoms with van der Waals surface area (Å²) in [6, 6.07) is 0.351. The second kappa shape index (κ2) is 4.36. The Morgan fingerprint density at radius 2 is 2.00 bits per heavy atom. The molecule has 14 heavy (non-hydrogen) atoms. The van der Waals surface area contributed by atoms with E-state index in [4.69, 9.17) is 0 Å². The van der Waals surface area contributed by atoms with Crippen molar-refractivity contribution in [1.29, 1.82) is 0 Å². The minimum atomic E-state index is 0.113. The van der Waals surface area contributed by atoms with Gasteiger partial charge in [0.2, 0.25) is 0 Å². The van der Waals surface area contributed by atoms with E-state index in [-0.39, 0.29) is 5.41 Å². The van der Waals surface area contributed by atoms with Crippen molar-refractivity contribution in [3.63, 3.8) is 0 Å². The second-order valence-electron chi connectivity index (χ2n) is 4.44. The maximum absolute atomic E-state index is 4.23. The first-order chi connectivity index (χ1) is 6.49. The van der Waals surface area contributed by atoms with Crippen LogP contribution < -0.4 is 5.32 Å². The van der Waals surface area contributed by atoms with Crippen LogP contribution in [0.25, 0.3) is 0 Å². The highest BCUT2D eigenvalue weighted by Gasteiger charge is 2.21. The third kappa shape index (κ3) is 2.51. The minimum absolute atomic E-state index is 0.113. The Morgan fingerprint density at radius 1 is 1.36 bits per heavy atom. The summed E-state index contributed by atoms with van der Waals surface area (Å²) in [5, 5.41) is 13.9. The normalized spacial score (nSPS) is 14.4. The maximum atomic E-state index is 4.23. The van der Waals surface area contributed by atoms with Crippen molar-refractivity contribution in [2.75, 3.05) is 7.05 Å². The van der Waals surface area contributed by atoms with E-state index < -0.39 is 0 Å². The van der Waals surface area contributed by atoms with Crippen LogP contribution in [-0.4, -0.2) is 17.2 Å². The highest BCUT2D eigenvalue weighted by atomic mass is 32.1. The molecular formula is C10H19N3S. The summed E-state index contributed by atoms with van der Waals surface area (Å²) in [5.74, 6) is 0. The fourth-order valence-corrected chi connectivity index (χ4v) is 2.28. The van der Waals surface area contributed by atoms with Gasteiger partial charge in [-0.15, -0.1) is 10.2 Å². The van der Waals surface area contributed by atoms with Gasteiger partial charge >= 0.3 is 0 Å². The van der Waals surface area contributed by atoms with Gasteiger partial charge in [-0.1, -0.05) is 39.0 Å². The van der Waals surface area contributed by atoms with Crippen LogP contribution in [0.5, 0.6) is 0 Å². The van der Waals surface area contributed by atoms with Gasteiger partial charge in [0.25, 0.3) is 0 Å². The lowest BCUT2D eigenvalue weighted by Crippen LogP contribution is -2.14. The minimum Gasteiger partial charge on any atom is -0.311 e. The van der Waals surface area contributed by atoms with Gasteiger partial charge in [-0.3, -0.25) is 0 Å². The lowest BCUT2D eigenvalue weighted by Gasteiger charge is -2.13. The molecule has 0 aliphatic heterocycles. The van der Waals surface area contributed by atoms with E-state index in [0.29, 0.717) is 6.04 Å². The smallest absolute Gasteiger partial charge is 0.134 e. The second-order valence-corrected chi connectivity index (χ2v) is 5.45. The Kier molecular flexibility index (Phi) is 3.61.